The predicted molar refractivity (Wildman–Crippen MR) is 114 cm³/mol. The van der Waals surface area contributed by atoms with Crippen molar-refractivity contribution in [3.63, 3.8) is 0 Å². The van der Waals surface area contributed by atoms with Gasteiger partial charge in [-0.15, -0.1) is 0 Å². The van der Waals surface area contributed by atoms with Crippen LogP contribution in [-0.2, 0) is 13.0 Å². The molecule has 2 aliphatic heterocycles. The maximum absolute atomic E-state index is 10.2. The Hall–Kier alpha value is -2.08. The first-order valence-electron chi connectivity index (χ1n) is 10.7. The minimum atomic E-state index is -0.192. The van der Waals surface area contributed by atoms with E-state index >= 15 is 0 Å². The fraction of sp³-hybridized carbons (Fsp3) is 0.500. The second-order valence-corrected chi connectivity index (χ2v) is 8.19. The van der Waals surface area contributed by atoms with Gasteiger partial charge >= 0.3 is 0 Å². The van der Waals surface area contributed by atoms with Crippen molar-refractivity contribution < 1.29 is 14.6 Å². The molecule has 1 N–H and O–H groups in total. The van der Waals surface area contributed by atoms with Crippen molar-refractivity contribution in [3.8, 4) is 11.5 Å². The van der Waals surface area contributed by atoms with Crippen LogP contribution in [0.15, 0.2) is 48.5 Å². The van der Waals surface area contributed by atoms with Gasteiger partial charge in [0.2, 0.25) is 0 Å². The second kappa shape index (κ2) is 9.16. The monoisotopic (exact) mass is 396 g/mol. The van der Waals surface area contributed by atoms with Gasteiger partial charge in [-0.1, -0.05) is 36.4 Å². The quantitative estimate of drug-likeness (QED) is 0.780. The number of ether oxygens (including phenoxy) is 2. The van der Waals surface area contributed by atoms with Crippen LogP contribution in [0.2, 0.25) is 0 Å². The van der Waals surface area contributed by atoms with Gasteiger partial charge in [0.1, 0.15) is 0 Å². The number of hydrogen-bond acceptors (Lipinski definition) is 5. The summed E-state index contributed by atoms with van der Waals surface area (Å²) in [5.41, 5.74) is 2.60. The maximum atomic E-state index is 10.2. The molecule has 2 fully saturated rings. The van der Waals surface area contributed by atoms with Gasteiger partial charge in [-0.3, -0.25) is 9.80 Å². The Bertz CT molecular complexity index is 798. The summed E-state index contributed by atoms with van der Waals surface area (Å²) in [7, 11) is 1.69. The fourth-order valence-electron chi connectivity index (χ4n) is 4.77. The molecule has 5 heteroatoms. The minimum absolute atomic E-state index is 0.192. The highest BCUT2D eigenvalue weighted by Gasteiger charge is 2.39. The molecule has 156 valence electrons. The number of fused-ring (bicyclic) bond motifs is 1. The summed E-state index contributed by atoms with van der Waals surface area (Å²) in [6.07, 6.45) is 1.71. The number of piperazine rings is 1. The summed E-state index contributed by atoms with van der Waals surface area (Å²) < 4.78 is 11.2. The molecule has 0 radical (unpaired) electrons. The highest BCUT2D eigenvalue weighted by Crippen LogP contribution is 2.31. The molecule has 0 spiro atoms. The molecule has 5 nitrogen and oxygen atoms in total. The largest absolute Gasteiger partial charge is 0.493 e. The van der Waals surface area contributed by atoms with Crippen molar-refractivity contribution in [1.82, 2.24) is 9.80 Å². The van der Waals surface area contributed by atoms with Crippen molar-refractivity contribution in [3.05, 3.63) is 59.7 Å². The third kappa shape index (κ3) is 4.74. The Morgan fingerprint density at radius 3 is 2.59 bits per heavy atom. The number of aliphatic hydroxyl groups excluding tert-OH is 1. The molecular weight excluding hydrogens is 364 g/mol. The Kier molecular flexibility index (Phi) is 6.38. The van der Waals surface area contributed by atoms with E-state index in [1.165, 1.54) is 11.1 Å². The Labute approximate surface area is 173 Å². The minimum Gasteiger partial charge on any atom is -0.493 e. The van der Waals surface area contributed by atoms with Crippen molar-refractivity contribution in [2.75, 3.05) is 33.4 Å². The number of benzene rings is 2. The third-order valence-electron chi connectivity index (χ3n) is 6.14. The zero-order chi connectivity index (χ0) is 20.2. The molecule has 2 aromatic rings. The lowest BCUT2D eigenvalue weighted by atomic mass is 9.99. The van der Waals surface area contributed by atoms with Crippen LogP contribution in [0.25, 0.3) is 0 Å². The SMILES string of the molecule is CCOc1ccc(CN2C[C@@H]3C[C@@H](O)CN3C[C@H]2Cc2ccccc2)cc1OC. The lowest BCUT2D eigenvalue weighted by Gasteiger charge is -2.44. The molecule has 0 unspecified atom stereocenters. The van der Waals surface area contributed by atoms with Crippen molar-refractivity contribution in [2.45, 2.75) is 44.5 Å². The maximum Gasteiger partial charge on any atom is 0.161 e. The lowest BCUT2D eigenvalue weighted by Crippen LogP contribution is -2.56. The lowest BCUT2D eigenvalue weighted by molar-refractivity contribution is 0.0444. The van der Waals surface area contributed by atoms with E-state index in [-0.39, 0.29) is 6.10 Å². The van der Waals surface area contributed by atoms with Gasteiger partial charge in [0.05, 0.1) is 19.8 Å². The molecule has 2 aliphatic rings. The van der Waals surface area contributed by atoms with Crippen LogP contribution >= 0.6 is 0 Å². The van der Waals surface area contributed by atoms with E-state index in [9.17, 15) is 5.11 Å². The van der Waals surface area contributed by atoms with Gasteiger partial charge in [-0.25, -0.2) is 0 Å². The van der Waals surface area contributed by atoms with Gasteiger partial charge in [-0.05, 0) is 43.0 Å². The summed E-state index contributed by atoms with van der Waals surface area (Å²) >= 11 is 0. The number of methoxy groups -OCH3 is 1. The first kappa shape index (κ1) is 20.2. The third-order valence-corrected chi connectivity index (χ3v) is 6.14. The molecule has 0 bridgehead atoms. The van der Waals surface area contributed by atoms with Gasteiger partial charge in [0.15, 0.2) is 11.5 Å². The van der Waals surface area contributed by atoms with Crippen LogP contribution in [0, 0.1) is 0 Å². The van der Waals surface area contributed by atoms with Crippen molar-refractivity contribution in [2.24, 2.45) is 0 Å². The fourth-order valence-corrected chi connectivity index (χ4v) is 4.77. The zero-order valence-electron chi connectivity index (χ0n) is 17.5. The van der Waals surface area contributed by atoms with E-state index in [0.717, 1.165) is 50.5 Å². The topological polar surface area (TPSA) is 45.2 Å². The van der Waals surface area contributed by atoms with Crippen LogP contribution in [0.1, 0.15) is 24.5 Å². The van der Waals surface area contributed by atoms with E-state index in [4.69, 9.17) is 9.47 Å². The van der Waals surface area contributed by atoms with Crippen LogP contribution in [0.3, 0.4) is 0 Å². The summed E-state index contributed by atoms with van der Waals surface area (Å²) in [6, 6.07) is 17.8. The molecule has 0 saturated carbocycles. The molecule has 2 heterocycles. The molecular formula is C24H32N2O3. The average molecular weight is 397 g/mol. The summed E-state index contributed by atoms with van der Waals surface area (Å²) in [4.78, 5) is 5.06. The number of nitrogens with zero attached hydrogens (tertiary/aromatic N) is 2. The Morgan fingerprint density at radius 2 is 1.83 bits per heavy atom. The molecule has 0 amide bonds. The number of hydrogen-bond donors (Lipinski definition) is 1. The number of rotatable bonds is 7. The first-order valence-corrected chi connectivity index (χ1v) is 10.7. The van der Waals surface area contributed by atoms with Crippen molar-refractivity contribution in [1.29, 1.82) is 0 Å². The summed E-state index contributed by atoms with van der Waals surface area (Å²) in [6.45, 7) is 6.29. The Morgan fingerprint density at radius 1 is 1.00 bits per heavy atom. The molecule has 2 saturated heterocycles. The first-order chi connectivity index (χ1) is 14.2. The van der Waals surface area contributed by atoms with Crippen LogP contribution < -0.4 is 9.47 Å². The summed E-state index contributed by atoms with van der Waals surface area (Å²) in [5.74, 6) is 1.59. The number of aliphatic hydroxyl groups is 1. The van der Waals surface area contributed by atoms with Crippen molar-refractivity contribution >= 4 is 0 Å². The van der Waals surface area contributed by atoms with E-state index in [2.05, 4.69) is 52.3 Å². The predicted octanol–water partition coefficient (Wildman–Crippen LogP) is 2.96. The van der Waals surface area contributed by atoms with Gasteiger partial charge in [0, 0.05) is 38.3 Å². The van der Waals surface area contributed by atoms with E-state index in [1.807, 2.05) is 13.0 Å². The smallest absolute Gasteiger partial charge is 0.161 e. The van der Waals surface area contributed by atoms with Gasteiger partial charge < -0.3 is 14.6 Å². The van der Waals surface area contributed by atoms with Gasteiger partial charge in [-0.2, -0.15) is 0 Å². The zero-order valence-corrected chi connectivity index (χ0v) is 17.5. The van der Waals surface area contributed by atoms with E-state index < -0.39 is 0 Å². The molecule has 0 aliphatic carbocycles. The molecule has 2 aromatic carbocycles. The van der Waals surface area contributed by atoms with Gasteiger partial charge in [0.25, 0.3) is 0 Å². The second-order valence-electron chi connectivity index (χ2n) is 8.19. The van der Waals surface area contributed by atoms with Crippen LogP contribution in [-0.4, -0.2) is 66.4 Å². The standard InChI is InChI=1S/C24H32N2O3/c1-3-29-23-10-9-19(12-24(23)28-2)14-25-16-21-13-22(27)17-26(21)15-20(25)11-18-7-5-4-6-8-18/h4-10,12,20-22,27H,3,11,13-17H2,1-2H3/t20-,21+,22-/m1/s1. The van der Waals surface area contributed by atoms with Crippen LogP contribution in [0.4, 0.5) is 0 Å². The van der Waals surface area contributed by atoms with E-state index in [1.54, 1.807) is 7.11 Å². The van der Waals surface area contributed by atoms with Crippen LogP contribution in [0.5, 0.6) is 11.5 Å². The average Bonchev–Trinajstić information content (AvgIpc) is 3.09. The molecule has 4 rings (SSSR count). The molecule has 3 atom stereocenters. The highest BCUT2D eigenvalue weighted by atomic mass is 16.5. The molecule has 0 aromatic heterocycles. The summed E-state index contributed by atoms with van der Waals surface area (Å²) in [5, 5.41) is 10.2. The molecule has 29 heavy (non-hydrogen) atoms. The Balaban J connectivity index is 1.53. The van der Waals surface area contributed by atoms with E-state index in [0.29, 0.717) is 18.7 Å². The normalized spacial score (nSPS) is 25.0. The highest BCUT2D eigenvalue weighted by molar-refractivity contribution is 5.43.